The van der Waals surface area contributed by atoms with Gasteiger partial charge in [0, 0.05) is 37.0 Å². The molecule has 0 saturated carbocycles. The Morgan fingerprint density at radius 2 is 1.67 bits per heavy atom. The van der Waals surface area contributed by atoms with Crippen LogP contribution in [0.1, 0.15) is 28.8 Å². The molecule has 4 N–H and O–H groups in total. The number of carbonyl (C=O) groups excluding carboxylic acids is 2. The van der Waals surface area contributed by atoms with Gasteiger partial charge >= 0.3 is 0 Å². The lowest BCUT2D eigenvalue weighted by Gasteiger charge is -2.07. The van der Waals surface area contributed by atoms with Crippen molar-refractivity contribution < 1.29 is 23.1 Å². The number of phenols is 1. The lowest BCUT2D eigenvalue weighted by Crippen LogP contribution is -2.32. The average Bonchev–Trinajstić information content (AvgIpc) is 2.72. The van der Waals surface area contributed by atoms with Crippen molar-refractivity contribution in [2.75, 3.05) is 19.6 Å². The van der Waals surface area contributed by atoms with Gasteiger partial charge in [0.15, 0.2) is 0 Å². The molecule has 9 heteroatoms. The first kappa shape index (κ1) is 23.1. The van der Waals surface area contributed by atoms with E-state index in [1.807, 2.05) is 18.2 Å². The molecule has 2 amide bonds. The number of hydrogen-bond donors (Lipinski definition) is 4. The zero-order chi connectivity index (χ0) is 21.8. The highest BCUT2D eigenvalue weighted by atomic mass is 32.2. The Bertz CT molecular complexity index is 975. The molecule has 0 atom stereocenters. The largest absolute Gasteiger partial charge is 0.508 e. The van der Waals surface area contributed by atoms with Gasteiger partial charge in [0.25, 0.3) is 5.91 Å². The second kappa shape index (κ2) is 11.7. The topological polar surface area (TPSA) is 125 Å². The van der Waals surface area contributed by atoms with E-state index in [2.05, 4.69) is 15.4 Å². The summed E-state index contributed by atoms with van der Waals surface area (Å²) in [5, 5.41) is 15.8. The number of hydrogen-bond acceptors (Lipinski definition) is 5. The predicted octanol–water partition coefficient (Wildman–Crippen LogP) is 1.61. The number of benzene rings is 2. The van der Waals surface area contributed by atoms with Crippen LogP contribution in [0.15, 0.2) is 60.0 Å². The standard InChI is InChI=1S/C21H25N3O5S/c25-19-9-4-8-18(16-19)21(27)23-13-5-12-22-20(26)10-14-24-30(28,29)15-11-17-6-2-1-3-7-17/h1-4,6-9,11,15-16,24-25H,5,10,12-14H2,(H,22,26)(H,23,27)/b15-11+. The zero-order valence-electron chi connectivity index (χ0n) is 16.4. The minimum Gasteiger partial charge on any atom is -0.508 e. The Morgan fingerprint density at radius 1 is 0.933 bits per heavy atom. The number of carbonyl (C=O) groups is 2. The van der Waals surface area contributed by atoms with Gasteiger partial charge in [-0.3, -0.25) is 9.59 Å². The number of aromatic hydroxyl groups is 1. The molecule has 0 aliphatic heterocycles. The Kier molecular flexibility index (Phi) is 9.04. The second-order valence-corrected chi connectivity index (χ2v) is 8.06. The third-order valence-electron chi connectivity index (χ3n) is 3.96. The summed E-state index contributed by atoms with van der Waals surface area (Å²) >= 11 is 0. The third kappa shape index (κ3) is 8.89. The number of rotatable bonds is 11. The van der Waals surface area contributed by atoms with Gasteiger partial charge in [-0.1, -0.05) is 36.4 Å². The van der Waals surface area contributed by atoms with Crippen LogP contribution in [0.25, 0.3) is 6.08 Å². The molecule has 0 aliphatic carbocycles. The molecule has 0 aromatic heterocycles. The van der Waals surface area contributed by atoms with Crippen LogP contribution in [0.5, 0.6) is 5.75 Å². The number of amides is 2. The first-order chi connectivity index (χ1) is 14.4. The predicted molar refractivity (Wildman–Crippen MR) is 115 cm³/mol. The van der Waals surface area contributed by atoms with Crippen molar-refractivity contribution in [3.8, 4) is 5.75 Å². The highest BCUT2D eigenvalue weighted by Crippen LogP contribution is 2.10. The summed E-state index contributed by atoms with van der Waals surface area (Å²) in [5.74, 6) is -0.583. The van der Waals surface area contributed by atoms with Gasteiger partial charge in [-0.05, 0) is 36.3 Å². The fourth-order valence-corrected chi connectivity index (χ4v) is 3.26. The quantitative estimate of drug-likeness (QED) is 0.402. The van der Waals surface area contributed by atoms with Crippen LogP contribution >= 0.6 is 0 Å². The number of sulfonamides is 1. The highest BCUT2D eigenvalue weighted by molar-refractivity contribution is 7.92. The number of phenolic OH excluding ortho intramolecular Hbond substituents is 1. The normalized spacial score (nSPS) is 11.3. The van der Waals surface area contributed by atoms with Crippen molar-refractivity contribution in [1.82, 2.24) is 15.4 Å². The molecular formula is C21H25N3O5S. The maximum Gasteiger partial charge on any atom is 0.251 e. The van der Waals surface area contributed by atoms with Gasteiger partial charge < -0.3 is 15.7 Å². The highest BCUT2D eigenvalue weighted by Gasteiger charge is 2.08. The Morgan fingerprint density at radius 3 is 2.40 bits per heavy atom. The van der Waals surface area contributed by atoms with E-state index in [0.717, 1.165) is 11.0 Å². The van der Waals surface area contributed by atoms with Crippen LogP contribution in [0, 0.1) is 0 Å². The fraction of sp³-hybridized carbons (Fsp3) is 0.238. The smallest absolute Gasteiger partial charge is 0.251 e. The van der Waals surface area contributed by atoms with E-state index in [1.54, 1.807) is 24.3 Å². The van der Waals surface area contributed by atoms with Gasteiger partial charge in [-0.25, -0.2) is 13.1 Å². The third-order valence-corrected chi connectivity index (χ3v) is 5.07. The Balaban J connectivity index is 1.58. The summed E-state index contributed by atoms with van der Waals surface area (Å²) in [4.78, 5) is 23.7. The van der Waals surface area contributed by atoms with E-state index in [-0.39, 0.29) is 30.5 Å². The molecule has 30 heavy (non-hydrogen) atoms. The number of nitrogens with one attached hydrogen (secondary N) is 3. The molecule has 160 valence electrons. The van der Waals surface area contributed by atoms with Gasteiger partial charge in [0.1, 0.15) is 5.75 Å². The molecule has 0 saturated heterocycles. The first-order valence-corrected chi connectivity index (χ1v) is 11.0. The van der Waals surface area contributed by atoms with Crippen molar-refractivity contribution in [1.29, 1.82) is 0 Å². The molecule has 2 aromatic carbocycles. The molecule has 0 heterocycles. The zero-order valence-corrected chi connectivity index (χ0v) is 17.2. The molecular weight excluding hydrogens is 406 g/mol. The molecule has 8 nitrogen and oxygen atoms in total. The van der Waals surface area contributed by atoms with Crippen LogP contribution in [0.2, 0.25) is 0 Å². The summed E-state index contributed by atoms with van der Waals surface area (Å²) in [5.41, 5.74) is 1.12. The summed E-state index contributed by atoms with van der Waals surface area (Å²) in [6.07, 6.45) is 2.00. The van der Waals surface area contributed by atoms with Crippen molar-refractivity contribution in [3.63, 3.8) is 0 Å². The van der Waals surface area contributed by atoms with Crippen LogP contribution in [-0.2, 0) is 14.8 Å². The van der Waals surface area contributed by atoms with Gasteiger partial charge in [0.05, 0.1) is 0 Å². The van der Waals surface area contributed by atoms with E-state index in [1.165, 1.54) is 18.2 Å². The molecule has 2 aromatic rings. The fourth-order valence-electron chi connectivity index (χ4n) is 2.44. The van der Waals surface area contributed by atoms with Crippen LogP contribution in [-0.4, -0.2) is 45.0 Å². The molecule has 0 spiro atoms. The molecule has 0 radical (unpaired) electrons. The summed E-state index contributed by atoms with van der Waals surface area (Å²) in [6, 6.07) is 15.0. The Labute approximate surface area is 176 Å². The molecule has 0 bridgehead atoms. The van der Waals surface area contributed by atoms with Crippen LogP contribution in [0.3, 0.4) is 0 Å². The van der Waals surface area contributed by atoms with Crippen LogP contribution < -0.4 is 15.4 Å². The van der Waals surface area contributed by atoms with Gasteiger partial charge in [0.2, 0.25) is 15.9 Å². The monoisotopic (exact) mass is 431 g/mol. The van der Waals surface area contributed by atoms with Crippen molar-refractivity contribution >= 4 is 27.9 Å². The van der Waals surface area contributed by atoms with E-state index >= 15 is 0 Å². The van der Waals surface area contributed by atoms with Crippen molar-refractivity contribution in [2.45, 2.75) is 12.8 Å². The summed E-state index contributed by atoms with van der Waals surface area (Å²) < 4.78 is 26.1. The minimum atomic E-state index is -3.62. The summed E-state index contributed by atoms with van der Waals surface area (Å²) in [7, 11) is -3.62. The van der Waals surface area contributed by atoms with Crippen LogP contribution in [0.4, 0.5) is 0 Å². The lowest BCUT2D eigenvalue weighted by molar-refractivity contribution is -0.120. The SMILES string of the molecule is O=C(CCNS(=O)(=O)/C=C/c1ccccc1)NCCCNC(=O)c1cccc(O)c1. The second-order valence-electron chi connectivity index (χ2n) is 6.41. The van der Waals surface area contributed by atoms with E-state index < -0.39 is 10.0 Å². The minimum absolute atomic E-state index is 0.00799. The maximum atomic E-state index is 11.9. The molecule has 2 rings (SSSR count). The van der Waals surface area contributed by atoms with Crippen molar-refractivity contribution in [3.05, 3.63) is 71.1 Å². The van der Waals surface area contributed by atoms with E-state index in [4.69, 9.17) is 0 Å². The summed E-state index contributed by atoms with van der Waals surface area (Å²) in [6.45, 7) is 0.688. The first-order valence-electron chi connectivity index (χ1n) is 9.42. The van der Waals surface area contributed by atoms with Gasteiger partial charge in [-0.15, -0.1) is 0 Å². The van der Waals surface area contributed by atoms with E-state index in [9.17, 15) is 23.1 Å². The molecule has 0 unspecified atom stereocenters. The molecule has 0 aliphatic rings. The van der Waals surface area contributed by atoms with Crippen molar-refractivity contribution in [2.24, 2.45) is 0 Å². The Hall–Kier alpha value is -3.17. The van der Waals surface area contributed by atoms with Gasteiger partial charge in [-0.2, -0.15) is 0 Å². The average molecular weight is 432 g/mol. The maximum absolute atomic E-state index is 11.9. The van der Waals surface area contributed by atoms with E-state index in [0.29, 0.717) is 25.1 Å². The molecule has 0 fully saturated rings. The lowest BCUT2D eigenvalue weighted by atomic mass is 10.2.